The van der Waals surface area contributed by atoms with Crippen molar-refractivity contribution in [1.29, 1.82) is 0 Å². The minimum absolute atomic E-state index is 0.108. The van der Waals surface area contributed by atoms with E-state index in [1.54, 1.807) is 12.1 Å². The zero-order chi connectivity index (χ0) is 17.6. The Labute approximate surface area is 155 Å². The Kier molecular flexibility index (Phi) is 6.05. The lowest BCUT2D eigenvalue weighted by atomic mass is 10.2. The van der Waals surface area contributed by atoms with Crippen LogP contribution < -0.4 is 5.32 Å². The summed E-state index contributed by atoms with van der Waals surface area (Å²) in [5, 5.41) is 3.61. The van der Waals surface area contributed by atoms with Gasteiger partial charge in [-0.1, -0.05) is 54.1 Å². The van der Waals surface area contributed by atoms with Crippen LogP contribution in [0.5, 0.6) is 0 Å². The zero-order valence-corrected chi connectivity index (χ0v) is 15.4. The van der Waals surface area contributed by atoms with Gasteiger partial charge in [0.2, 0.25) is 5.91 Å². The number of halogens is 1. The third-order valence-corrected chi connectivity index (χ3v) is 6.07. The molecule has 0 spiro atoms. The highest BCUT2D eigenvalue weighted by Crippen LogP contribution is 2.30. The number of carbonyl (C=O) groups is 1. The van der Waals surface area contributed by atoms with Crippen LogP contribution in [0.2, 0.25) is 5.02 Å². The number of rotatable bonds is 6. The highest BCUT2D eigenvalue weighted by atomic mass is 35.5. The maximum absolute atomic E-state index is 12.7. The standard InChI is InChI=1S/C20H20ClNO2S/c21-17-11-9-15(10-12-17)13-22-20(23)18-7-4-8-19(18)25(24)14-16-5-2-1-3-6-16/h1-3,5-6,9-12H,4,7-8,13-14H2,(H,22,23). The molecule has 0 bridgehead atoms. The molecule has 0 saturated carbocycles. The van der Waals surface area contributed by atoms with Crippen LogP contribution in [0.1, 0.15) is 30.4 Å². The molecule has 0 aromatic heterocycles. The number of hydrogen-bond acceptors (Lipinski definition) is 2. The Morgan fingerprint density at radius 2 is 1.72 bits per heavy atom. The Morgan fingerprint density at radius 1 is 1.00 bits per heavy atom. The van der Waals surface area contributed by atoms with E-state index in [1.807, 2.05) is 42.5 Å². The van der Waals surface area contributed by atoms with Crippen molar-refractivity contribution in [2.75, 3.05) is 0 Å². The summed E-state index contributed by atoms with van der Waals surface area (Å²) in [4.78, 5) is 13.3. The van der Waals surface area contributed by atoms with Gasteiger partial charge in [-0.05, 0) is 42.5 Å². The smallest absolute Gasteiger partial charge is 0.248 e. The first-order chi connectivity index (χ1) is 12.1. The molecule has 0 aliphatic heterocycles. The first-order valence-corrected chi connectivity index (χ1v) is 10.00. The van der Waals surface area contributed by atoms with Crippen LogP contribution in [0.25, 0.3) is 0 Å². The molecule has 0 fully saturated rings. The van der Waals surface area contributed by atoms with E-state index in [2.05, 4.69) is 5.32 Å². The van der Waals surface area contributed by atoms with Gasteiger partial charge in [-0.15, -0.1) is 0 Å². The van der Waals surface area contributed by atoms with Crippen molar-refractivity contribution in [3.8, 4) is 0 Å². The van der Waals surface area contributed by atoms with Crippen molar-refractivity contribution >= 4 is 28.3 Å². The summed E-state index contributed by atoms with van der Waals surface area (Å²) in [5.41, 5.74) is 2.72. The zero-order valence-electron chi connectivity index (χ0n) is 13.8. The second-order valence-electron chi connectivity index (χ2n) is 6.04. The normalized spacial score (nSPS) is 15.2. The Bertz CT molecular complexity index is 800. The lowest BCUT2D eigenvalue weighted by Crippen LogP contribution is -2.25. The molecular formula is C20H20ClNO2S. The third-order valence-electron chi connectivity index (χ3n) is 4.22. The molecule has 1 aliphatic rings. The first kappa shape index (κ1) is 17.9. The highest BCUT2D eigenvalue weighted by Gasteiger charge is 2.24. The van der Waals surface area contributed by atoms with Crippen molar-refractivity contribution in [2.45, 2.75) is 31.6 Å². The van der Waals surface area contributed by atoms with Crippen molar-refractivity contribution in [3.63, 3.8) is 0 Å². The van der Waals surface area contributed by atoms with Crippen molar-refractivity contribution in [1.82, 2.24) is 5.32 Å². The van der Waals surface area contributed by atoms with E-state index < -0.39 is 10.8 Å². The second-order valence-corrected chi connectivity index (χ2v) is 7.95. The van der Waals surface area contributed by atoms with Gasteiger partial charge in [0.1, 0.15) is 0 Å². The van der Waals surface area contributed by atoms with Crippen LogP contribution >= 0.6 is 11.6 Å². The molecule has 25 heavy (non-hydrogen) atoms. The molecule has 5 heteroatoms. The third kappa shape index (κ3) is 4.80. The van der Waals surface area contributed by atoms with E-state index in [-0.39, 0.29) is 5.91 Å². The van der Waals surface area contributed by atoms with E-state index in [0.29, 0.717) is 29.3 Å². The van der Waals surface area contributed by atoms with Crippen molar-refractivity contribution in [3.05, 3.63) is 81.2 Å². The molecule has 1 unspecified atom stereocenters. The molecule has 1 N–H and O–H groups in total. The molecule has 1 aliphatic carbocycles. The predicted octanol–water partition coefficient (Wildman–Crippen LogP) is 4.34. The monoisotopic (exact) mass is 373 g/mol. The quantitative estimate of drug-likeness (QED) is 0.818. The molecule has 130 valence electrons. The van der Waals surface area contributed by atoms with E-state index in [1.165, 1.54) is 0 Å². The Balaban J connectivity index is 1.66. The van der Waals surface area contributed by atoms with Gasteiger partial charge in [-0.2, -0.15) is 0 Å². The summed E-state index contributed by atoms with van der Waals surface area (Å²) >= 11 is 5.87. The molecule has 2 aromatic rings. The van der Waals surface area contributed by atoms with Gasteiger partial charge in [0.15, 0.2) is 0 Å². The summed E-state index contributed by atoms with van der Waals surface area (Å²) in [6.07, 6.45) is 2.32. The number of benzene rings is 2. The van der Waals surface area contributed by atoms with Crippen LogP contribution in [0, 0.1) is 0 Å². The average molecular weight is 374 g/mol. The topological polar surface area (TPSA) is 46.2 Å². The number of nitrogens with one attached hydrogen (secondary N) is 1. The van der Waals surface area contributed by atoms with E-state index >= 15 is 0 Å². The molecule has 0 saturated heterocycles. The fraction of sp³-hybridized carbons (Fsp3) is 0.250. The lowest BCUT2D eigenvalue weighted by Gasteiger charge is -2.09. The molecule has 0 heterocycles. The Morgan fingerprint density at radius 3 is 2.44 bits per heavy atom. The van der Waals surface area contributed by atoms with Crippen molar-refractivity contribution in [2.24, 2.45) is 0 Å². The number of amides is 1. The molecule has 0 radical (unpaired) electrons. The van der Waals surface area contributed by atoms with Gasteiger partial charge in [0.05, 0.1) is 16.6 Å². The molecule has 3 rings (SSSR count). The minimum Gasteiger partial charge on any atom is -0.348 e. The van der Waals surface area contributed by atoms with E-state index in [0.717, 1.165) is 28.9 Å². The van der Waals surface area contributed by atoms with Gasteiger partial charge in [-0.25, -0.2) is 0 Å². The van der Waals surface area contributed by atoms with Crippen LogP contribution in [0.15, 0.2) is 65.1 Å². The van der Waals surface area contributed by atoms with E-state index in [4.69, 9.17) is 11.6 Å². The van der Waals surface area contributed by atoms with E-state index in [9.17, 15) is 9.00 Å². The maximum Gasteiger partial charge on any atom is 0.248 e. The van der Waals surface area contributed by atoms with Crippen molar-refractivity contribution < 1.29 is 9.00 Å². The average Bonchev–Trinajstić information content (AvgIpc) is 3.12. The minimum atomic E-state index is -1.15. The number of allylic oxidation sites excluding steroid dienone is 1. The highest BCUT2D eigenvalue weighted by molar-refractivity contribution is 7.88. The summed E-state index contributed by atoms with van der Waals surface area (Å²) in [6, 6.07) is 17.1. The maximum atomic E-state index is 12.7. The summed E-state index contributed by atoms with van der Waals surface area (Å²) < 4.78 is 12.7. The number of hydrogen-bond donors (Lipinski definition) is 1. The largest absolute Gasteiger partial charge is 0.348 e. The fourth-order valence-electron chi connectivity index (χ4n) is 2.91. The molecular weight excluding hydrogens is 354 g/mol. The first-order valence-electron chi connectivity index (χ1n) is 8.30. The second kappa shape index (κ2) is 8.45. The van der Waals surface area contributed by atoms with Crippen LogP contribution in [0.3, 0.4) is 0 Å². The fourth-order valence-corrected chi connectivity index (χ4v) is 4.55. The Hall–Kier alpha value is -1.91. The van der Waals surface area contributed by atoms with Gasteiger partial charge in [0, 0.05) is 22.0 Å². The summed E-state index contributed by atoms with van der Waals surface area (Å²) in [6.45, 7) is 0.443. The predicted molar refractivity (Wildman–Crippen MR) is 102 cm³/mol. The molecule has 1 atom stereocenters. The van der Waals surface area contributed by atoms with Gasteiger partial charge in [0.25, 0.3) is 0 Å². The van der Waals surface area contributed by atoms with Crippen LogP contribution in [0.4, 0.5) is 0 Å². The summed E-state index contributed by atoms with van der Waals surface area (Å²) in [5.74, 6) is 0.355. The van der Waals surface area contributed by atoms with Crippen LogP contribution in [-0.2, 0) is 27.9 Å². The molecule has 3 nitrogen and oxygen atoms in total. The SMILES string of the molecule is O=C(NCc1ccc(Cl)cc1)C1=C(S(=O)Cc2ccccc2)CCC1. The van der Waals surface area contributed by atoms with Gasteiger partial charge >= 0.3 is 0 Å². The van der Waals surface area contributed by atoms with Gasteiger partial charge < -0.3 is 5.32 Å². The number of carbonyl (C=O) groups excluding carboxylic acids is 1. The summed E-state index contributed by atoms with van der Waals surface area (Å²) in [7, 11) is -1.15. The molecule has 1 amide bonds. The lowest BCUT2D eigenvalue weighted by molar-refractivity contribution is -0.117. The van der Waals surface area contributed by atoms with Crippen LogP contribution in [-0.4, -0.2) is 10.1 Å². The molecule has 2 aromatic carbocycles. The van der Waals surface area contributed by atoms with Gasteiger partial charge in [-0.3, -0.25) is 9.00 Å².